The third-order valence-corrected chi connectivity index (χ3v) is 4.90. The van der Waals surface area contributed by atoms with Crippen molar-refractivity contribution in [3.63, 3.8) is 0 Å². The molecule has 1 aromatic carbocycles. The number of halogens is 1. The van der Waals surface area contributed by atoms with Gasteiger partial charge in [0.15, 0.2) is 0 Å². The van der Waals surface area contributed by atoms with Crippen molar-refractivity contribution < 1.29 is 4.74 Å². The molecular formula is C15H16BrNOS. The third-order valence-electron chi connectivity index (χ3n) is 3.38. The van der Waals surface area contributed by atoms with E-state index in [2.05, 4.69) is 57.8 Å². The highest BCUT2D eigenvalue weighted by Gasteiger charge is 2.18. The van der Waals surface area contributed by atoms with E-state index in [1.165, 1.54) is 20.5 Å². The standard InChI is InChI=1S/C15H16BrNOS/c1-2-17-15(12-8-14(16)19-9-12)11-3-4-13-10(7-11)5-6-18-13/h3-4,7-9,15,17H,2,5-6H2,1H3. The van der Waals surface area contributed by atoms with Crippen molar-refractivity contribution in [2.75, 3.05) is 13.2 Å². The summed E-state index contributed by atoms with van der Waals surface area (Å²) in [7, 11) is 0. The lowest BCUT2D eigenvalue weighted by Crippen LogP contribution is -2.21. The van der Waals surface area contributed by atoms with Gasteiger partial charge in [0, 0.05) is 6.42 Å². The normalized spacial score (nSPS) is 15.1. The second-order valence-electron chi connectivity index (χ2n) is 4.64. The van der Waals surface area contributed by atoms with Crippen molar-refractivity contribution >= 4 is 27.3 Å². The largest absolute Gasteiger partial charge is 0.493 e. The van der Waals surface area contributed by atoms with E-state index in [-0.39, 0.29) is 6.04 Å². The summed E-state index contributed by atoms with van der Waals surface area (Å²) >= 11 is 5.28. The van der Waals surface area contributed by atoms with Crippen LogP contribution in [0.2, 0.25) is 0 Å². The molecule has 2 heterocycles. The monoisotopic (exact) mass is 337 g/mol. The fourth-order valence-electron chi connectivity index (χ4n) is 2.49. The lowest BCUT2D eigenvalue weighted by atomic mass is 9.98. The van der Waals surface area contributed by atoms with Crippen LogP contribution >= 0.6 is 27.3 Å². The molecule has 4 heteroatoms. The van der Waals surface area contributed by atoms with Crippen LogP contribution in [0.4, 0.5) is 0 Å². The van der Waals surface area contributed by atoms with Gasteiger partial charge in [0.2, 0.25) is 0 Å². The molecule has 0 fully saturated rings. The minimum atomic E-state index is 0.262. The van der Waals surface area contributed by atoms with E-state index in [0.29, 0.717) is 0 Å². The van der Waals surface area contributed by atoms with Crippen molar-refractivity contribution in [1.82, 2.24) is 5.32 Å². The maximum Gasteiger partial charge on any atom is 0.122 e. The first-order valence-electron chi connectivity index (χ1n) is 6.51. The molecule has 1 aliphatic heterocycles. The smallest absolute Gasteiger partial charge is 0.122 e. The number of hydrogen-bond acceptors (Lipinski definition) is 3. The van der Waals surface area contributed by atoms with Crippen LogP contribution in [0.1, 0.15) is 29.7 Å². The van der Waals surface area contributed by atoms with Crippen LogP contribution in [-0.2, 0) is 6.42 Å². The molecule has 0 amide bonds. The highest BCUT2D eigenvalue weighted by molar-refractivity contribution is 9.11. The summed E-state index contributed by atoms with van der Waals surface area (Å²) < 4.78 is 6.75. The molecule has 100 valence electrons. The van der Waals surface area contributed by atoms with Gasteiger partial charge < -0.3 is 10.1 Å². The fourth-order valence-corrected chi connectivity index (χ4v) is 3.69. The lowest BCUT2D eigenvalue weighted by Gasteiger charge is -2.18. The molecule has 0 spiro atoms. The lowest BCUT2D eigenvalue weighted by molar-refractivity contribution is 0.357. The van der Waals surface area contributed by atoms with Crippen molar-refractivity contribution in [1.29, 1.82) is 0 Å². The Balaban J connectivity index is 1.95. The summed E-state index contributed by atoms with van der Waals surface area (Å²) in [5.41, 5.74) is 3.96. The molecule has 1 aromatic heterocycles. The number of benzene rings is 1. The zero-order valence-corrected chi connectivity index (χ0v) is 13.2. The van der Waals surface area contributed by atoms with Crippen LogP contribution in [-0.4, -0.2) is 13.2 Å². The van der Waals surface area contributed by atoms with Crippen molar-refractivity contribution in [3.05, 3.63) is 50.1 Å². The Labute approximate surface area is 125 Å². The molecule has 0 bridgehead atoms. The van der Waals surface area contributed by atoms with E-state index in [1.807, 2.05) is 0 Å². The molecule has 0 saturated heterocycles. The number of rotatable bonds is 4. The van der Waals surface area contributed by atoms with Crippen LogP contribution in [0.5, 0.6) is 5.75 Å². The fraction of sp³-hybridized carbons (Fsp3) is 0.333. The van der Waals surface area contributed by atoms with E-state index in [9.17, 15) is 0 Å². The quantitative estimate of drug-likeness (QED) is 0.904. The molecule has 19 heavy (non-hydrogen) atoms. The van der Waals surface area contributed by atoms with Crippen LogP contribution in [0.3, 0.4) is 0 Å². The van der Waals surface area contributed by atoms with Gasteiger partial charge >= 0.3 is 0 Å². The third kappa shape index (κ3) is 2.71. The zero-order chi connectivity index (χ0) is 13.2. The first-order chi connectivity index (χ1) is 9.28. The molecule has 1 unspecified atom stereocenters. The maximum absolute atomic E-state index is 5.58. The molecule has 2 nitrogen and oxygen atoms in total. The predicted molar refractivity (Wildman–Crippen MR) is 83.2 cm³/mol. The van der Waals surface area contributed by atoms with Crippen LogP contribution in [0.15, 0.2) is 33.4 Å². The van der Waals surface area contributed by atoms with Crippen molar-refractivity contribution in [2.45, 2.75) is 19.4 Å². The van der Waals surface area contributed by atoms with Crippen LogP contribution < -0.4 is 10.1 Å². The minimum absolute atomic E-state index is 0.262. The van der Waals surface area contributed by atoms with Crippen LogP contribution in [0, 0.1) is 0 Å². The van der Waals surface area contributed by atoms with Gasteiger partial charge in [-0.25, -0.2) is 0 Å². The molecule has 1 N–H and O–H groups in total. The molecule has 1 aliphatic rings. The Kier molecular flexibility index (Phi) is 3.91. The Morgan fingerprint density at radius 1 is 1.37 bits per heavy atom. The molecule has 3 rings (SSSR count). The maximum atomic E-state index is 5.58. The summed E-state index contributed by atoms with van der Waals surface area (Å²) in [4.78, 5) is 0. The SMILES string of the molecule is CCNC(c1csc(Br)c1)c1ccc2c(c1)CCO2. The van der Waals surface area contributed by atoms with Crippen molar-refractivity contribution in [3.8, 4) is 5.75 Å². The van der Waals surface area contributed by atoms with Gasteiger partial charge in [-0.05, 0) is 56.7 Å². The van der Waals surface area contributed by atoms with Gasteiger partial charge in [-0.15, -0.1) is 11.3 Å². The Morgan fingerprint density at radius 3 is 3.00 bits per heavy atom. The molecule has 0 aliphatic carbocycles. The van der Waals surface area contributed by atoms with Gasteiger partial charge in [-0.1, -0.05) is 19.1 Å². The number of hydrogen-bond donors (Lipinski definition) is 1. The second kappa shape index (κ2) is 5.65. The average Bonchev–Trinajstić information content (AvgIpc) is 3.03. The number of thiophene rings is 1. The summed E-state index contributed by atoms with van der Waals surface area (Å²) in [6.07, 6.45) is 1.02. The molecular weight excluding hydrogens is 322 g/mol. The van der Waals surface area contributed by atoms with Gasteiger partial charge in [0.05, 0.1) is 16.4 Å². The highest BCUT2D eigenvalue weighted by atomic mass is 79.9. The van der Waals surface area contributed by atoms with E-state index >= 15 is 0 Å². The predicted octanol–water partition coefficient (Wildman–Crippen LogP) is 4.14. The summed E-state index contributed by atoms with van der Waals surface area (Å²) in [5.74, 6) is 1.05. The van der Waals surface area contributed by atoms with Gasteiger partial charge in [-0.2, -0.15) is 0 Å². The molecule has 2 aromatic rings. The van der Waals surface area contributed by atoms with Gasteiger partial charge in [0.25, 0.3) is 0 Å². The molecule has 0 saturated carbocycles. The number of nitrogens with one attached hydrogen (secondary N) is 1. The van der Waals surface area contributed by atoms with Crippen LogP contribution in [0.25, 0.3) is 0 Å². The summed E-state index contributed by atoms with van der Waals surface area (Å²) in [6, 6.07) is 9.01. The number of fused-ring (bicyclic) bond motifs is 1. The minimum Gasteiger partial charge on any atom is -0.493 e. The van der Waals surface area contributed by atoms with E-state index in [1.54, 1.807) is 11.3 Å². The zero-order valence-electron chi connectivity index (χ0n) is 10.8. The number of ether oxygens (including phenoxy) is 1. The van der Waals surface area contributed by atoms with Crippen molar-refractivity contribution in [2.24, 2.45) is 0 Å². The van der Waals surface area contributed by atoms with Gasteiger partial charge in [-0.3, -0.25) is 0 Å². The highest BCUT2D eigenvalue weighted by Crippen LogP contribution is 2.33. The van der Waals surface area contributed by atoms with E-state index < -0.39 is 0 Å². The Hall–Kier alpha value is -0.840. The topological polar surface area (TPSA) is 21.3 Å². The first-order valence-corrected chi connectivity index (χ1v) is 8.18. The van der Waals surface area contributed by atoms with Gasteiger partial charge in [0.1, 0.15) is 5.75 Å². The second-order valence-corrected chi connectivity index (χ2v) is 6.93. The summed E-state index contributed by atoms with van der Waals surface area (Å²) in [6.45, 7) is 3.91. The van der Waals surface area contributed by atoms with E-state index in [0.717, 1.165) is 25.3 Å². The summed E-state index contributed by atoms with van der Waals surface area (Å²) in [5, 5.41) is 5.77. The molecule has 1 atom stereocenters. The average molecular weight is 338 g/mol. The first kappa shape index (κ1) is 13.2. The van der Waals surface area contributed by atoms with E-state index in [4.69, 9.17) is 4.74 Å². The Morgan fingerprint density at radius 2 is 2.26 bits per heavy atom. The molecule has 0 radical (unpaired) electrons. The Bertz CT molecular complexity index is 581.